The van der Waals surface area contributed by atoms with Gasteiger partial charge in [-0.2, -0.15) is 0 Å². The zero-order chi connectivity index (χ0) is 17.5. The third kappa shape index (κ3) is 5.33. The van der Waals surface area contributed by atoms with Crippen LogP contribution in [-0.4, -0.2) is 28.8 Å². The van der Waals surface area contributed by atoms with Gasteiger partial charge >= 0.3 is 0 Å². The van der Waals surface area contributed by atoms with Gasteiger partial charge in [-0.25, -0.2) is 0 Å². The lowest BCUT2D eigenvalue weighted by Crippen LogP contribution is -2.49. The number of hydrogen-bond donors (Lipinski definition) is 1. The van der Waals surface area contributed by atoms with Crippen molar-refractivity contribution in [1.82, 2.24) is 10.2 Å². The molecule has 1 N–H and O–H groups in total. The predicted octanol–water partition coefficient (Wildman–Crippen LogP) is 4.03. The first-order valence-electron chi connectivity index (χ1n) is 8.85. The maximum Gasteiger partial charge on any atom is 0.242 e. The molecule has 0 bridgehead atoms. The second-order valence-electron chi connectivity index (χ2n) is 6.56. The second kappa shape index (κ2) is 9.21. The van der Waals surface area contributed by atoms with Crippen molar-refractivity contribution in [3.8, 4) is 0 Å². The highest BCUT2D eigenvalue weighted by Gasteiger charge is 2.27. The van der Waals surface area contributed by atoms with Crippen molar-refractivity contribution in [3.63, 3.8) is 0 Å². The van der Waals surface area contributed by atoms with Crippen LogP contribution in [0.4, 0.5) is 0 Å². The summed E-state index contributed by atoms with van der Waals surface area (Å²) in [5.41, 5.74) is 1.03. The molecule has 2 amide bonds. The van der Waals surface area contributed by atoms with Gasteiger partial charge in [-0.05, 0) is 43.9 Å². The first kappa shape index (κ1) is 19.0. The smallest absolute Gasteiger partial charge is 0.242 e. The number of nitrogens with one attached hydrogen (secondary N) is 1. The van der Waals surface area contributed by atoms with Crippen molar-refractivity contribution in [3.05, 3.63) is 34.3 Å². The number of rotatable bonds is 7. The van der Waals surface area contributed by atoms with Gasteiger partial charge in [0.05, 0.1) is 0 Å². The van der Waals surface area contributed by atoms with Crippen LogP contribution in [-0.2, 0) is 16.1 Å². The molecular formula is C19H27BrN2O2. The minimum Gasteiger partial charge on any atom is -0.352 e. The number of nitrogens with zero attached hydrogens (tertiary/aromatic N) is 1. The Morgan fingerprint density at radius 3 is 2.46 bits per heavy atom. The molecule has 0 spiro atoms. The average Bonchev–Trinajstić information content (AvgIpc) is 3.06. The number of carbonyl (C=O) groups is 2. The Labute approximate surface area is 153 Å². The highest BCUT2D eigenvalue weighted by Crippen LogP contribution is 2.19. The lowest BCUT2D eigenvalue weighted by Gasteiger charge is -2.29. The van der Waals surface area contributed by atoms with Gasteiger partial charge in [-0.1, -0.05) is 47.8 Å². The van der Waals surface area contributed by atoms with Gasteiger partial charge < -0.3 is 10.2 Å². The van der Waals surface area contributed by atoms with Crippen molar-refractivity contribution in [2.75, 3.05) is 0 Å². The fourth-order valence-corrected chi connectivity index (χ4v) is 3.38. The molecule has 0 aliphatic heterocycles. The molecule has 1 aromatic carbocycles. The summed E-state index contributed by atoms with van der Waals surface area (Å²) in [6.07, 6.45) is 5.71. The summed E-state index contributed by atoms with van der Waals surface area (Å²) in [6.45, 7) is 4.28. The lowest BCUT2D eigenvalue weighted by molar-refractivity contribution is -0.140. The first-order valence-corrected chi connectivity index (χ1v) is 9.65. The lowest BCUT2D eigenvalue weighted by atomic mass is 10.1. The topological polar surface area (TPSA) is 49.4 Å². The van der Waals surface area contributed by atoms with E-state index in [0.29, 0.717) is 13.0 Å². The van der Waals surface area contributed by atoms with Crippen LogP contribution in [0, 0.1) is 0 Å². The molecule has 1 aliphatic carbocycles. The fourth-order valence-electron chi connectivity index (χ4n) is 3.12. The van der Waals surface area contributed by atoms with E-state index in [2.05, 4.69) is 21.2 Å². The van der Waals surface area contributed by atoms with Crippen molar-refractivity contribution >= 4 is 27.7 Å². The molecule has 0 aromatic heterocycles. The van der Waals surface area contributed by atoms with Gasteiger partial charge in [0.25, 0.3) is 0 Å². The summed E-state index contributed by atoms with van der Waals surface area (Å²) in [4.78, 5) is 26.8. The van der Waals surface area contributed by atoms with Crippen molar-refractivity contribution in [2.24, 2.45) is 0 Å². The summed E-state index contributed by atoms with van der Waals surface area (Å²) < 4.78 is 1.00. The Morgan fingerprint density at radius 2 is 1.88 bits per heavy atom. The maximum atomic E-state index is 12.6. The van der Waals surface area contributed by atoms with Crippen LogP contribution in [0.15, 0.2) is 28.7 Å². The largest absolute Gasteiger partial charge is 0.352 e. The number of hydrogen-bond acceptors (Lipinski definition) is 2. The third-order valence-corrected chi connectivity index (χ3v) is 5.13. The Morgan fingerprint density at radius 1 is 1.25 bits per heavy atom. The van der Waals surface area contributed by atoms with E-state index in [1.165, 1.54) is 12.8 Å². The highest BCUT2D eigenvalue weighted by atomic mass is 79.9. The van der Waals surface area contributed by atoms with E-state index in [1.54, 1.807) is 4.90 Å². The molecule has 1 saturated carbocycles. The van der Waals surface area contributed by atoms with Gasteiger partial charge in [-0.15, -0.1) is 0 Å². The Bertz CT molecular complexity index is 553. The third-order valence-electron chi connectivity index (χ3n) is 4.60. The minimum absolute atomic E-state index is 0.0366. The number of benzene rings is 1. The van der Waals surface area contributed by atoms with E-state index in [4.69, 9.17) is 0 Å². The predicted molar refractivity (Wildman–Crippen MR) is 99.5 cm³/mol. The molecule has 0 radical (unpaired) electrons. The minimum atomic E-state index is -0.451. The molecule has 0 heterocycles. The molecule has 0 saturated heterocycles. The highest BCUT2D eigenvalue weighted by molar-refractivity contribution is 9.10. The van der Waals surface area contributed by atoms with E-state index < -0.39 is 6.04 Å². The van der Waals surface area contributed by atoms with E-state index in [1.807, 2.05) is 38.1 Å². The van der Waals surface area contributed by atoms with E-state index in [-0.39, 0.29) is 17.9 Å². The van der Waals surface area contributed by atoms with E-state index >= 15 is 0 Å². The fraction of sp³-hybridized carbons (Fsp3) is 0.579. The summed E-state index contributed by atoms with van der Waals surface area (Å²) >= 11 is 3.42. The number of amides is 2. The van der Waals surface area contributed by atoms with Crippen LogP contribution >= 0.6 is 15.9 Å². The molecule has 4 nitrogen and oxygen atoms in total. The monoisotopic (exact) mass is 394 g/mol. The molecule has 0 unspecified atom stereocenters. The second-order valence-corrected chi connectivity index (χ2v) is 7.48. The summed E-state index contributed by atoms with van der Waals surface area (Å²) in [5, 5.41) is 3.11. The van der Waals surface area contributed by atoms with Crippen LogP contribution in [0.2, 0.25) is 0 Å². The SMILES string of the molecule is CCCC(=O)N(Cc1ccc(Br)cc1)[C@@H](C)C(=O)NC1CCCC1. The molecule has 5 heteroatoms. The maximum absolute atomic E-state index is 12.6. The Hall–Kier alpha value is -1.36. The van der Waals surface area contributed by atoms with Crippen LogP contribution in [0.5, 0.6) is 0 Å². The Kier molecular flexibility index (Phi) is 7.28. The zero-order valence-electron chi connectivity index (χ0n) is 14.6. The molecular weight excluding hydrogens is 368 g/mol. The normalized spacial score (nSPS) is 16.0. The van der Waals surface area contributed by atoms with Crippen molar-refractivity contribution in [2.45, 2.75) is 71.0 Å². The standard InChI is InChI=1S/C19H27BrN2O2/c1-3-6-18(23)22(13-15-9-11-16(20)12-10-15)14(2)19(24)21-17-7-4-5-8-17/h9-12,14,17H,3-8,13H2,1-2H3,(H,21,24)/t14-/m0/s1. The molecule has 1 aliphatic rings. The van der Waals surface area contributed by atoms with E-state index in [9.17, 15) is 9.59 Å². The molecule has 1 fully saturated rings. The molecule has 2 rings (SSSR count). The van der Waals surface area contributed by atoms with Crippen molar-refractivity contribution < 1.29 is 9.59 Å². The number of carbonyl (C=O) groups excluding carboxylic acids is 2. The van der Waals surface area contributed by atoms with E-state index in [0.717, 1.165) is 29.3 Å². The summed E-state index contributed by atoms with van der Waals surface area (Å²) in [6, 6.07) is 7.71. The molecule has 1 atom stereocenters. The Balaban J connectivity index is 2.06. The molecule has 24 heavy (non-hydrogen) atoms. The first-order chi connectivity index (χ1) is 11.5. The number of halogens is 1. The quantitative estimate of drug-likeness (QED) is 0.758. The van der Waals surface area contributed by atoms with Crippen LogP contribution in [0.25, 0.3) is 0 Å². The van der Waals surface area contributed by atoms with Gasteiger partial charge in [0.15, 0.2) is 0 Å². The molecule has 132 valence electrons. The van der Waals surface area contributed by atoms with Gasteiger partial charge in [0, 0.05) is 23.5 Å². The van der Waals surface area contributed by atoms with Gasteiger partial charge in [-0.3, -0.25) is 9.59 Å². The van der Waals surface area contributed by atoms with Crippen LogP contribution in [0.1, 0.15) is 57.9 Å². The summed E-state index contributed by atoms with van der Waals surface area (Å²) in [5.74, 6) is -0.00189. The van der Waals surface area contributed by atoms with Gasteiger partial charge in [0.2, 0.25) is 11.8 Å². The van der Waals surface area contributed by atoms with Crippen molar-refractivity contribution in [1.29, 1.82) is 0 Å². The molecule has 1 aromatic rings. The zero-order valence-corrected chi connectivity index (χ0v) is 16.1. The van der Waals surface area contributed by atoms with Gasteiger partial charge in [0.1, 0.15) is 6.04 Å². The summed E-state index contributed by atoms with van der Waals surface area (Å²) in [7, 11) is 0. The van der Waals surface area contributed by atoms with Crippen LogP contribution < -0.4 is 5.32 Å². The average molecular weight is 395 g/mol. The van der Waals surface area contributed by atoms with Crippen LogP contribution in [0.3, 0.4) is 0 Å².